The Morgan fingerprint density at radius 3 is 2.02 bits per heavy atom. The van der Waals surface area contributed by atoms with Crippen molar-refractivity contribution in [3.8, 4) is 5.75 Å². The predicted molar refractivity (Wildman–Crippen MR) is 149 cm³/mol. The van der Waals surface area contributed by atoms with Gasteiger partial charge in [0, 0.05) is 12.1 Å². The molecule has 0 aromatic heterocycles. The van der Waals surface area contributed by atoms with E-state index in [9.17, 15) is 4.79 Å². The molecule has 0 aliphatic carbocycles. The van der Waals surface area contributed by atoms with Gasteiger partial charge < -0.3 is 33.2 Å². The summed E-state index contributed by atoms with van der Waals surface area (Å²) in [7, 11) is 1.51. The second-order valence-electron chi connectivity index (χ2n) is 9.00. The molecule has 8 nitrogen and oxygen atoms in total. The van der Waals surface area contributed by atoms with Crippen molar-refractivity contribution in [2.24, 2.45) is 0 Å². The maximum atomic E-state index is 12.5. The molecule has 40 heavy (non-hydrogen) atoms. The average Bonchev–Trinajstić information content (AvgIpc) is 2.99. The van der Waals surface area contributed by atoms with E-state index in [1.54, 1.807) is 30.3 Å². The van der Waals surface area contributed by atoms with Crippen LogP contribution in [0.15, 0.2) is 97.6 Å². The largest absolute Gasteiger partial charge is 0.513 e. The van der Waals surface area contributed by atoms with E-state index in [1.807, 2.05) is 60.7 Å². The lowest BCUT2D eigenvalue weighted by Gasteiger charge is -2.45. The molecule has 1 aliphatic rings. The highest BCUT2D eigenvalue weighted by Crippen LogP contribution is 2.30. The number of rotatable bonds is 13. The summed E-state index contributed by atoms with van der Waals surface area (Å²) in [5.41, 5.74) is 1.94. The van der Waals surface area contributed by atoms with Crippen LogP contribution in [0.1, 0.15) is 11.1 Å². The second kappa shape index (κ2) is 15.5. The highest BCUT2D eigenvalue weighted by Gasteiger charge is 2.49. The fraction of sp³-hybridized carbons (Fsp3) is 0.323. The van der Waals surface area contributed by atoms with Gasteiger partial charge in [0.25, 0.3) is 0 Å². The molecule has 1 aliphatic heterocycles. The van der Waals surface area contributed by atoms with E-state index in [2.05, 4.69) is 6.58 Å². The maximum Gasteiger partial charge on any atom is 0.513 e. The number of ether oxygens (including phenoxy) is 7. The summed E-state index contributed by atoms with van der Waals surface area (Å²) in [6.07, 6.45) is -2.80. The average molecular weight is 569 g/mol. The van der Waals surface area contributed by atoms with Crippen LogP contribution in [0.3, 0.4) is 0 Å². The molecule has 3 aromatic rings. The van der Waals surface area contributed by atoms with Crippen LogP contribution in [0.2, 0.25) is 5.02 Å². The maximum absolute atomic E-state index is 12.5. The van der Waals surface area contributed by atoms with Gasteiger partial charge >= 0.3 is 6.16 Å². The molecule has 0 N–H and O–H groups in total. The van der Waals surface area contributed by atoms with Crippen molar-refractivity contribution in [1.29, 1.82) is 0 Å². The summed E-state index contributed by atoms with van der Waals surface area (Å²) in [5.74, 6) is 0.299. The Bertz CT molecular complexity index is 1170. The lowest BCUT2D eigenvalue weighted by Crippen LogP contribution is -2.61. The molecule has 1 fully saturated rings. The van der Waals surface area contributed by atoms with E-state index in [1.165, 1.54) is 7.11 Å². The molecule has 212 valence electrons. The quantitative estimate of drug-likeness (QED) is 0.142. The molecule has 0 saturated carbocycles. The first-order chi connectivity index (χ1) is 19.6. The SMILES string of the molecule is C=CCO[C@H]1[C@H](OC)O[C@H](COC(=O)Oc2ccc(Cl)cc2)[C@@H](OCc2ccccc2)[C@@H]1OCc1ccccc1. The van der Waals surface area contributed by atoms with E-state index in [0.717, 1.165) is 11.1 Å². The first-order valence-electron chi connectivity index (χ1n) is 12.9. The highest BCUT2D eigenvalue weighted by atomic mass is 35.5. The van der Waals surface area contributed by atoms with Gasteiger partial charge in [-0.05, 0) is 35.4 Å². The number of halogens is 1. The molecule has 1 heterocycles. The van der Waals surface area contributed by atoms with Gasteiger partial charge in [0.05, 0.1) is 19.8 Å². The molecule has 3 aromatic carbocycles. The van der Waals surface area contributed by atoms with Crippen molar-refractivity contribution in [1.82, 2.24) is 0 Å². The number of carbonyl (C=O) groups is 1. The summed E-state index contributed by atoms with van der Waals surface area (Å²) < 4.78 is 41.5. The van der Waals surface area contributed by atoms with Crippen LogP contribution in [0.4, 0.5) is 4.79 Å². The van der Waals surface area contributed by atoms with E-state index in [4.69, 9.17) is 44.8 Å². The van der Waals surface area contributed by atoms with Gasteiger partial charge in [-0.25, -0.2) is 4.79 Å². The smallest absolute Gasteiger partial charge is 0.431 e. The topological polar surface area (TPSA) is 81.7 Å². The minimum absolute atomic E-state index is 0.175. The number of hydrogen-bond acceptors (Lipinski definition) is 8. The van der Waals surface area contributed by atoms with Crippen LogP contribution in [-0.4, -0.2) is 57.2 Å². The Morgan fingerprint density at radius 2 is 1.45 bits per heavy atom. The van der Waals surface area contributed by atoms with Crippen molar-refractivity contribution in [2.75, 3.05) is 20.3 Å². The van der Waals surface area contributed by atoms with Gasteiger partial charge in [-0.15, -0.1) is 6.58 Å². The molecule has 1 saturated heterocycles. The van der Waals surface area contributed by atoms with Crippen molar-refractivity contribution in [3.63, 3.8) is 0 Å². The zero-order valence-electron chi connectivity index (χ0n) is 22.2. The molecule has 0 radical (unpaired) electrons. The van der Waals surface area contributed by atoms with Crippen LogP contribution in [0.25, 0.3) is 0 Å². The molecule has 0 spiro atoms. The second-order valence-corrected chi connectivity index (χ2v) is 9.44. The summed E-state index contributed by atoms with van der Waals surface area (Å²) >= 11 is 5.91. The predicted octanol–water partition coefficient (Wildman–Crippen LogP) is 5.97. The molecule has 0 bridgehead atoms. The molecule has 0 unspecified atom stereocenters. The van der Waals surface area contributed by atoms with E-state index in [0.29, 0.717) is 17.4 Å². The fourth-order valence-electron chi connectivity index (χ4n) is 4.26. The van der Waals surface area contributed by atoms with Crippen molar-refractivity contribution >= 4 is 17.8 Å². The highest BCUT2D eigenvalue weighted by molar-refractivity contribution is 6.30. The van der Waals surface area contributed by atoms with Crippen LogP contribution in [0, 0.1) is 0 Å². The zero-order valence-corrected chi connectivity index (χ0v) is 23.0. The Hall–Kier alpha value is -3.24. The van der Waals surface area contributed by atoms with Gasteiger partial charge in [0.1, 0.15) is 36.8 Å². The zero-order chi connectivity index (χ0) is 28.2. The summed E-state index contributed by atoms with van der Waals surface area (Å²) in [6.45, 7) is 4.40. The van der Waals surface area contributed by atoms with E-state index < -0.39 is 36.9 Å². The first kappa shape index (κ1) is 29.7. The van der Waals surface area contributed by atoms with Crippen LogP contribution in [-0.2, 0) is 41.6 Å². The third-order valence-corrected chi connectivity index (χ3v) is 6.43. The standard InChI is InChI=1S/C31H33ClO8/c1-3-18-35-29-28(37-20-23-12-8-5-9-13-23)27(36-19-22-10-6-4-7-11-22)26(40-30(29)34-2)21-38-31(33)39-25-16-14-24(32)15-17-25/h3-17,26-30H,1,18-21H2,2H3/t26-,27-,28+,29-,30-/m1/s1. The number of methoxy groups -OCH3 is 1. The Kier molecular flexibility index (Phi) is 11.5. The fourth-order valence-corrected chi connectivity index (χ4v) is 4.39. The first-order valence-corrected chi connectivity index (χ1v) is 13.3. The van der Waals surface area contributed by atoms with Gasteiger partial charge in [0.15, 0.2) is 6.29 Å². The molecule has 5 atom stereocenters. The monoisotopic (exact) mass is 568 g/mol. The van der Waals surface area contributed by atoms with Crippen LogP contribution >= 0.6 is 11.6 Å². The summed E-state index contributed by atoms with van der Waals surface area (Å²) in [6, 6.07) is 25.9. The summed E-state index contributed by atoms with van der Waals surface area (Å²) in [4.78, 5) is 12.5. The molecule has 0 amide bonds. The van der Waals surface area contributed by atoms with Gasteiger partial charge in [-0.3, -0.25) is 0 Å². The van der Waals surface area contributed by atoms with Crippen molar-refractivity contribution in [2.45, 2.75) is 43.9 Å². The normalized spacial score (nSPS) is 22.4. The summed E-state index contributed by atoms with van der Waals surface area (Å²) in [5, 5.41) is 0.523. The van der Waals surface area contributed by atoms with Gasteiger partial charge in [-0.2, -0.15) is 0 Å². The van der Waals surface area contributed by atoms with Gasteiger partial charge in [0.2, 0.25) is 0 Å². The van der Waals surface area contributed by atoms with Crippen LogP contribution in [0.5, 0.6) is 5.75 Å². The lowest BCUT2D eigenvalue weighted by molar-refractivity contribution is -0.318. The molecular weight excluding hydrogens is 536 g/mol. The Balaban J connectivity index is 1.54. The van der Waals surface area contributed by atoms with E-state index in [-0.39, 0.29) is 19.8 Å². The minimum Gasteiger partial charge on any atom is -0.431 e. The lowest BCUT2D eigenvalue weighted by atomic mass is 9.98. The Morgan fingerprint density at radius 1 is 0.850 bits per heavy atom. The number of hydrogen-bond donors (Lipinski definition) is 0. The van der Waals surface area contributed by atoms with Crippen molar-refractivity contribution < 1.29 is 38.0 Å². The van der Waals surface area contributed by atoms with Crippen LogP contribution < -0.4 is 4.74 Å². The van der Waals surface area contributed by atoms with E-state index >= 15 is 0 Å². The third kappa shape index (κ3) is 8.63. The minimum atomic E-state index is -0.895. The molecule has 4 rings (SSSR count). The Labute approximate surface area is 239 Å². The van der Waals surface area contributed by atoms with Gasteiger partial charge in [-0.1, -0.05) is 78.3 Å². The molecular formula is C31H33ClO8. The third-order valence-electron chi connectivity index (χ3n) is 6.18. The number of carbonyl (C=O) groups excluding carboxylic acids is 1. The molecule has 9 heteroatoms. The number of benzene rings is 3. The van der Waals surface area contributed by atoms with Crippen molar-refractivity contribution in [3.05, 3.63) is 114 Å².